The largest absolute Gasteiger partial charge is 0.310 e. The molecule has 0 unspecified atom stereocenters. The third-order valence-electron chi connectivity index (χ3n) is 12.6. The second kappa shape index (κ2) is 14.7. The summed E-state index contributed by atoms with van der Waals surface area (Å²) in [6.45, 7) is 9.17. The Balaban J connectivity index is 1.19. The summed E-state index contributed by atoms with van der Waals surface area (Å²) in [7, 11) is 0. The van der Waals surface area contributed by atoms with E-state index < -0.39 is 0 Å². The fourth-order valence-corrected chi connectivity index (χ4v) is 9.63. The molecule has 4 aromatic heterocycles. The van der Waals surface area contributed by atoms with E-state index in [0.717, 1.165) is 88.5 Å². The van der Waals surface area contributed by atoms with Crippen LogP contribution in [0, 0.1) is 0 Å². The Morgan fingerprint density at radius 2 is 0.641 bits per heavy atom. The minimum atomic E-state index is 0.223. The molecule has 0 saturated carbocycles. The lowest BCUT2D eigenvalue weighted by molar-refractivity contribution is 0.875. The third-order valence-corrected chi connectivity index (χ3v) is 12.6. The van der Waals surface area contributed by atoms with Gasteiger partial charge in [0.2, 0.25) is 0 Å². The van der Waals surface area contributed by atoms with Crippen molar-refractivity contribution in [3.63, 3.8) is 0 Å². The molecular weight excluding hydrogens is 789 g/mol. The van der Waals surface area contributed by atoms with E-state index >= 15 is 0 Å². The Morgan fingerprint density at radius 3 is 0.938 bits per heavy atom. The molecule has 0 spiro atoms. The van der Waals surface area contributed by atoms with Gasteiger partial charge in [0.25, 0.3) is 0 Å². The molecule has 0 amide bonds. The predicted molar refractivity (Wildman–Crippen MR) is 260 cm³/mol. The number of hydrogen-bond acceptors (Lipinski definition) is 10. The summed E-state index contributed by atoms with van der Waals surface area (Å²) in [5.74, 6) is 0.445. The fourth-order valence-electron chi connectivity index (χ4n) is 9.63. The van der Waals surface area contributed by atoms with Crippen molar-refractivity contribution >= 4 is 110 Å². The van der Waals surface area contributed by atoms with Crippen LogP contribution in [-0.2, 0) is 0 Å². The van der Waals surface area contributed by atoms with Gasteiger partial charge in [0.15, 0.2) is 0 Å². The highest BCUT2D eigenvalue weighted by Crippen LogP contribution is 2.51. The molecule has 0 aliphatic rings. The van der Waals surface area contributed by atoms with Crippen molar-refractivity contribution in [1.29, 1.82) is 0 Å². The minimum Gasteiger partial charge on any atom is -0.310 e. The molecule has 10 heteroatoms. The van der Waals surface area contributed by atoms with Gasteiger partial charge in [-0.25, -0.2) is 39.9 Å². The second-order valence-corrected chi connectivity index (χ2v) is 17.1. The van der Waals surface area contributed by atoms with Gasteiger partial charge in [0.05, 0.1) is 33.4 Å². The highest BCUT2D eigenvalue weighted by atomic mass is 15.2. The monoisotopic (exact) mass is 828 g/mol. The molecule has 4 heterocycles. The van der Waals surface area contributed by atoms with Crippen molar-refractivity contribution < 1.29 is 0 Å². The van der Waals surface area contributed by atoms with E-state index in [1.54, 1.807) is 25.3 Å². The van der Waals surface area contributed by atoms with Gasteiger partial charge < -0.3 is 9.80 Å². The molecular formula is C54H40N10. The quantitative estimate of drug-likeness (QED) is 0.137. The molecule has 0 N–H and O–H groups in total. The van der Waals surface area contributed by atoms with Gasteiger partial charge in [-0.2, -0.15) is 0 Å². The van der Waals surface area contributed by atoms with Crippen LogP contribution in [0.4, 0.5) is 34.1 Å². The van der Waals surface area contributed by atoms with E-state index in [4.69, 9.17) is 0 Å². The third kappa shape index (κ3) is 6.01. The Hall–Kier alpha value is -8.24. The molecule has 0 aliphatic heterocycles. The SMILES string of the molecule is CC(C)c1cc(N(c2ccc3ncncc3c2)c2ccc3ncncc3c2)c2ccc3c(C(C)C)cc(N(c4ccc5ncncc5c4)c4ccc5ncncc5c4)c4ccc1c2c34. The van der Waals surface area contributed by atoms with Crippen molar-refractivity contribution in [3.8, 4) is 0 Å². The molecule has 8 aromatic carbocycles. The minimum absolute atomic E-state index is 0.223. The second-order valence-electron chi connectivity index (χ2n) is 17.1. The number of benzene rings is 8. The lowest BCUT2D eigenvalue weighted by Crippen LogP contribution is -2.13. The highest BCUT2D eigenvalue weighted by molar-refractivity contribution is 6.29. The van der Waals surface area contributed by atoms with Gasteiger partial charge in [-0.3, -0.25) is 0 Å². The number of nitrogens with zero attached hydrogens (tertiary/aromatic N) is 10. The van der Waals surface area contributed by atoms with Crippen LogP contribution in [0.1, 0.15) is 50.7 Å². The molecule has 306 valence electrons. The van der Waals surface area contributed by atoms with E-state index in [9.17, 15) is 0 Å². The molecule has 12 aromatic rings. The molecule has 0 fully saturated rings. The Labute approximate surface area is 368 Å². The lowest BCUT2D eigenvalue weighted by Gasteiger charge is -2.31. The molecule has 0 radical (unpaired) electrons. The van der Waals surface area contributed by atoms with Crippen LogP contribution >= 0.6 is 0 Å². The Bertz CT molecular complexity index is 3380. The van der Waals surface area contributed by atoms with Crippen molar-refractivity contribution in [3.05, 3.63) is 170 Å². The number of fused-ring (bicyclic) bond motifs is 4. The number of aromatic nitrogens is 8. The van der Waals surface area contributed by atoms with Crippen molar-refractivity contribution in [1.82, 2.24) is 39.9 Å². The van der Waals surface area contributed by atoms with E-state index in [-0.39, 0.29) is 11.8 Å². The first kappa shape index (κ1) is 37.5. The van der Waals surface area contributed by atoms with Crippen LogP contribution in [0.2, 0.25) is 0 Å². The fraction of sp³-hybridized carbons (Fsp3) is 0.111. The average Bonchev–Trinajstić information content (AvgIpc) is 3.33. The predicted octanol–water partition coefficient (Wildman–Crippen LogP) is 13.5. The van der Waals surface area contributed by atoms with Crippen LogP contribution < -0.4 is 9.80 Å². The summed E-state index contributed by atoms with van der Waals surface area (Å²) < 4.78 is 0. The standard InChI is InChI=1S/C54H40N10/c1-31(2)45-21-51(63(37-5-13-47-33(17-37)23-55-27-59-47)38-6-14-48-34(18-38)24-56-28-60-48)43-12-10-42-46(32(3)4)22-52(44-11-9-41(45)53(43)54(42)44)64(39-7-15-49-35(19-39)25-57-29-61-49)40-8-16-50-36(20-40)26-58-30-62-50/h5-32H,1-4H3. The zero-order valence-electron chi connectivity index (χ0n) is 35.6. The van der Waals surface area contributed by atoms with E-state index in [1.807, 2.05) is 24.8 Å². The van der Waals surface area contributed by atoms with E-state index in [2.05, 4.69) is 187 Å². The molecule has 0 saturated heterocycles. The first-order chi connectivity index (χ1) is 31.4. The van der Waals surface area contributed by atoms with Crippen LogP contribution in [0.25, 0.3) is 75.9 Å². The van der Waals surface area contributed by atoms with Gasteiger partial charge in [-0.1, -0.05) is 52.0 Å². The summed E-state index contributed by atoms with van der Waals surface area (Å²) in [4.78, 5) is 40.6. The van der Waals surface area contributed by atoms with Crippen LogP contribution in [0.15, 0.2) is 159 Å². The molecule has 0 aliphatic carbocycles. The van der Waals surface area contributed by atoms with E-state index in [0.29, 0.717) is 0 Å². The first-order valence-electron chi connectivity index (χ1n) is 21.6. The molecule has 12 rings (SSSR count). The number of anilines is 6. The van der Waals surface area contributed by atoms with Gasteiger partial charge in [0.1, 0.15) is 25.3 Å². The topological polar surface area (TPSA) is 110 Å². The molecule has 0 bridgehead atoms. The smallest absolute Gasteiger partial charge is 0.116 e. The average molecular weight is 829 g/mol. The van der Waals surface area contributed by atoms with Crippen LogP contribution in [0.5, 0.6) is 0 Å². The lowest BCUT2D eigenvalue weighted by atomic mass is 9.84. The van der Waals surface area contributed by atoms with Crippen LogP contribution in [-0.4, -0.2) is 39.9 Å². The van der Waals surface area contributed by atoms with Crippen molar-refractivity contribution in [2.24, 2.45) is 0 Å². The first-order valence-corrected chi connectivity index (χ1v) is 21.6. The van der Waals surface area contributed by atoms with Crippen molar-refractivity contribution in [2.75, 3.05) is 9.80 Å². The highest BCUT2D eigenvalue weighted by Gasteiger charge is 2.26. The summed E-state index contributed by atoms with van der Waals surface area (Å²) in [6.07, 6.45) is 13.9. The molecule has 64 heavy (non-hydrogen) atoms. The summed E-state index contributed by atoms with van der Waals surface area (Å²) in [6, 6.07) is 39.8. The maximum Gasteiger partial charge on any atom is 0.116 e. The van der Waals surface area contributed by atoms with Crippen LogP contribution in [0.3, 0.4) is 0 Å². The van der Waals surface area contributed by atoms with Gasteiger partial charge in [-0.15, -0.1) is 0 Å². The molecule has 10 nitrogen and oxygen atoms in total. The van der Waals surface area contributed by atoms with Gasteiger partial charge in [-0.05, 0) is 129 Å². The zero-order chi connectivity index (χ0) is 43.1. The zero-order valence-corrected chi connectivity index (χ0v) is 35.6. The Kier molecular flexibility index (Phi) is 8.62. The maximum atomic E-state index is 4.57. The molecule has 0 atom stereocenters. The normalized spacial score (nSPS) is 12.0. The van der Waals surface area contributed by atoms with E-state index in [1.165, 1.54) is 32.7 Å². The van der Waals surface area contributed by atoms with Crippen molar-refractivity contribution in [2.45, 2.75) is 39.5 Å². The summed E-state index contributed by atoms with van der Waals surface area (Å²) in [5.41, 5.74) is 12.3. The van der Waals surface area contributed by atoms with Gasteiger partial charge in [0, 0.05) is 79.9 Å². The van der Waals surface area contributed by atoms with Gasteiger partial charge >= 0.3 is 0 Å². The Morgan fingerprint density at radius 1 is 0.344 bits per heavy atom. The summed E-state index contributed by atoms with van der Waals surface area (Å²) >= 11 is 0. The number of hydrogen-bond donors (Lipinski definition) is 0. The number of rotatable bonds is 8. The summed E-state index contributed by atoms with van der Waals surface area (Å²) in [5, 5.41) is 11.1. The maximum absolute atomic E-state index is 4.57.